The number of ether oxygens (including phenoxy) is 1. The van der Waals surface area contributed by atoms with Crippen LogP contribution in [-0.4, -0.2) is 24.5 Å². The molecule has 2 rings (SSSR count). The topological polar surface area (TPSA) is 81.4 Å². The maximum Gasteiger partial charge on any atom is 0.338 e. The van der Waals surface area contributed by atoms with Crippen molar-refractivity contribution in [2.75, 3.05) is 12.3 Å². The van der Waals surface area contributed by atoms with E-state index in [2.05, 4.69) is 19.2 Å². The van der Waals surface area contributed by atoms with Crippen molar-refractivity contribution < 1.29 is 14.3 Å². The molecular weight excluding hydrogens is 292 g/mol. The van der Waals surface area contributed by atoms with Gasteiger partial charge in [-0.15, -0.1) is 0 Å². The summed E-state index contributed by atoms with van der Waals surface area (Å²) in [6, 6.07) is 5.15. The Morgan fingerprint density at radius 1 is 1.30 bits per heavy atom. The minimum Gasteiger partial charge on any atom is -0.452 e. The SMILES string of the molecule is Cc1ccc(C(=O)OCC(=O)N[C@H]2CCC[C@@H](C)[C@@H]2C)cc1N. The van der Waals surface area contributed by atoms with Crippen molar-refractivity contribution in [2.24, 2.45) is 11.8 Å². The van der Waals surface area contributed by atoms with Gasteiger partial charge in [-0.25, -0.2) is 4.79 Å². The summed E-state index contributed by atoms with van der Waals surface area (Å²) >= 11 is 0. The van der Waals surface area contributed by atoms with Gasteiger partial charge in [-0.1, -0.05) is 32.8 Å². The standard InChI is InChI=1S/C18H26N2O3/c1-11-5-4-6-16(13(11)3)20-17(21)10-23-18(22)14-8-7-12(2)15(19)9-14/h7-9,11,13,16H,4-6,10,19H2,1-3H3,(H,20,21)/t11-,13+,16+/m1/s1. The molecule has 3 atom stereocenters. The first kappa shape index (κ1) is 17.3. The minimum atomic E-state index is -0.531. The van der Waals surface area contributed by atoms with E-state index in [4.69, 9.17) is 10.5 Å². The zero-order chi connectivity index (χ0) is 17.0. The Labute approximate surface area is 137 Å². The van der Waals surface area contributed by atoms with E-state index < -0.39 is 5.97 Å². The largest absolute Gasteiger partial charge is 0.452 e. The van der Waals surface area contributed by atoms with E-state index in [1.54, 1.807) is 18.2 Å². The number of benzene rings is 1. The Balaban J connectivity index is 1.84. The lowest BCUT2D eigenvalue weighted by atomic mass is 9.78. The molecule has 0 unspecified atom stereocenters. The predicted molar refractivity (Wildman–Crippen MR) is 90.0 cm³/mol. The number of amides is 1. The van der Waals surface area contributed by atoms with Gasteiger partial charge in [0, 0.05) is 11.7 Å². The number of rotatable bonds is 4. The van der Waals surface area contributed by atoms with Crippen LogP contribution in [0, 0.1) is 18.8 Å². The molecule has 1 aromatic rings. The Bertz CT molecular complexity index is 586. The van der Waals surface area contributed by atoms with Gasteiger partial charge in [0.05, 0.1) is 5.56 Å². The third-order valence-corrected chi connectivity index (χ3v) is 4.90. The molecule has 3 N–H and O–H groups in total. The molecule has 0 radical (unpaired) electrons. The monoisotopic (exact) mass is 318 g/mol. The highest BCUT2D eigenvalue weighted by Gasteiger charge is 2.28. The molecule has 0 bridgehead atoms. The molecule has 1 saturated carbocycles. The zero-order valence-corrected chi connectivity index (χ0v) is 14.1. The third-order valence-electron chi connectivity index (χ3n) is 4.90. The van der Waals surface area contributed by atoms with Crippen LogP contribution in [0.2, 0.25) is 0 Å². The predicted octanol–water partition coefficient (Wildman–Crippen LogP) is 2.67. The number of nitrogen functional groups attached to an aromatic ring is 1. The zero-order valence-electron chi connectivity index (χ0n) is 14.1. The molecule has 1 fully saturated rings. The molecule has 1 amide bonds. The molecule has 1 aromatic carbocycles. The van der Waals surface area contributed by atoms with Gasteiger partial charge >= 0.3 is 5.97 Å². The summed E-state index contributed by atoms with van der Waals surface area (Å²) in [4.78, 5) is 24.0. The summed E-state index contributed by atoms with van der Waals surface area (Å²) in [6.45, 7) is 5.98. The number of carbonyl (C=O) groups excluding carboxylic acids is 2. The molecule has 1 aliphatic carbocycles. The lowest BCUT2D eigenvalue weighted by Gasteiger charge is -2.34. The summed E-state index contributed by atoms with van der Waals surface area (Å²) in [7, 11) is 0. The van der Waals surface area contributed by atoms with Gasteiger partial charge in [-0.05, 0) is 42.9 Å². The molecule has 23 heavy (non-hydrogen) atoms. The average molecular weight is 318 g/mol. The van der Waals surface area contributed by atoms with Gasteiger partial charge < -0.3 is 15.8 Å². The molecule has 5 nitrogen and oxygen atoms in total. The molecule has 0 spiro atoms. The second-order valence-corrected chi connectivity index (χ2v) is 6.59. The number of hydrogen-bond acceptors (Lipinski definition) is 4. The Morgan fingerprint density at radius 3 is 2.74 bits per heavy atom. The van der Waals surface area contributed by atoms with Crippen LogP contribution in [0.25, 0.3) is 0 Å². The normalized spacial score (nSPS) is 24.0. The van der Waals surface area contributed by atoms with Crippen LogP contribution >= 0.6 is 0 Å². The van der Waals surface area contributed by atoms with Crippen LogP contribution in [0.15, 0.2) is 18.2 Å². The number of nitrogens with two attached hydrogens (primary N) is 1. The van der Waals surface area contributed by atoms with Gasteiger partial charge in [0.1, 0.15) is 0 Å². The summed E-state index contributed by atoms with van der Waals surface area (Å²) in [6.07, 6.45) is 3.32. The van der Waals surface area contributed by atoms with Gasteiger partial charge in [0.2, 0.25) is 0 Å². The maximum atomic E-state index is 12.0. The van der Waals surface area contributed by atoms with Crippen molar-refractivity contribution in [3.8, 4) is 0 Å². The first-order valence-electron chi connectivity index (χ1n) is 8.21. The van der Waals surface area contributed by atoms with E-state index in [0.717, 1.165) is 18.4 Å². The number of aryl methyl sites for hydroxylation is 1. The fourth-order valence-corrected chi connectivity index (χ4v) is 3.02. The van der Waals surface area contributed by atoms with E-state index in [1.165, 1.54) is 6.42 Å². The maximum absolute atomic E-state index is 12.0. The fraction of sp³-hybridized carbons (Fsp3) is 0.556. The molecule has 0 aliphatic heterocycles. The quantitative estimate of drug-likeness (QED) is 0.660. The summed E-state index contributed by atoms with van der Waals surface area (Å²) in [5.74, 6) is 0.272. The Kier molecular flexibility index (Phi) is 5.64. The van der Waals surface area contributed by atoms with Crippen LogP contribution < -0.4 is 11.1 Å². The number of hydrogen-bond donors (Lipinski definition) is 2. The summed E-state index contributed by atoms with van der Waals surface area (Å²) < 4.78 is 5.08. The van der Waals surface area contributed by atoms with Crippen LogP contribution in [0.4, 0.5) is 5.69 Å². The van der Waals surface area contributed by atoms with Crippen molar-refractivity contribution in [3.63, 3.8) is 0 Å². The second kappa shape index (κ2) is 7.49. The van der Waals surface area contributed by atoms with Crippen molar-refractivity contribution in [2.45, 2.75) is 46.1 Å². The van der Waals surface area contributed by atoms with Gasteiger partial charge in [-0.3, -0.25) is 4.79 Å². The lowest BCUT2D eigenvalue weighted by Crippen LogP contribution is -2.45. The van der Waals surface area contributed by atoms with E-state index >= 15 is 0 Å². The highest BCUT2D eigenvalue weighted by atomic mass is 16.5. The molecule has 0 aromatic heterocycles. The smallest absolute Gasteiger partial charge is 0.338 e. The van der Waals surface area contributed by atoms with Crippen molar-refractivity contribution in [1.82, 2.24) is 5.32 Å². The van der Waals surface area contributed by atoms with Crippen LogP contribution in [0.3, 0.4) is 0 Å². The minimum absolute atomic E-state index is 0.167. The fourth-order valence-electron chi connectivity index (χ4n) is 3.02. The number of anilines is 1. The van der Waals surface area contributed by atoms with E-state index in [-0.39, 0.29) is 18.6 Å². The Hall–Kier alpha value is -2.04. The number of nitrogens with one attached hydrogen (secondary N) is 1. The third kappa shape index (κ3) is 4.47. The molecule has 0 saturated heterocycles. The van der Waals surface area contributed by atoms with Crippen molar-refractivity contribution in [1.29, 1.82) is 0 Å². The highest BCUT2D eigenvalue weighted by Crippen LogP contribution is 2.29. The average Bonchev–Trinajstić information content (AvgIpc) is 2.52. The Morgan fingerprint density at radius 2 is 2.04 bits per heavy atom. The molecule has 1 aliphatic rings. The number of carbonyl (C=O) groups is 2. The van der Waals surface area contributed by atoms with E-state index in [0.29, 0.717) is 23.1 Å². The van der Waals surface area contributed by atoms with Gasteiger partial charge in [-0.2, -0.15) is 0 Å². The van der Waals surface area contributed by atoms with Crippen LogP contribution in [0.5, 0.6) is 0 Å². The summed E-state index contributed by atoms with van der Waals surface area (Å²) in [5, 5.41) is 2.99. The van der Waals surface area contributed by atoms with Crippen molar-refractivity contribution in [3.05, 3.63) is 29.3 Å². The van der Waals surface area contributed by atoms with Crippen molar-refractivity contribution >= 4 is 17.6 Å². The van der Waals surface area contributed by atoms with Gasteiger partial charge in [0.25, 0.3) is 5.91 Å². The summed E-state index contributed by atoms with van der Waals surface area (Å²) in [5.41, 5.74) is 7.58. The lowest BCUT2D eigenvalue weighted by molar-refractivity contribution is -0.125. The first-order valence-corrected chi connectivity index (χ1v) is 8.21. The highest BCUT2D eigenvalue weighted by molar-refractivity contribution is 5.92. The van der Waals surface area contributed by atoms with Gasteiger partial charge in [0.15, 0.2) is 6.61 Å². The molecular formula is C18H26N2O3. The molecule has 0 heterocycles. The van der Waals surface area contributed by atoms with Crippen LogP contribution in [0.1, 0.15) is 49.0 Å². The molecule has 5 heteroatoms. The second-order valence-electron chi connectivity index (χ2n) is 6.59. The van der Waals surface area contributed by atoms with E-state index in [1.807, 2.05) is 6.92 Å². The van der Waals surface area contributed by atoms with Crippen LogP contribution in [-0.2, 0) is 9.53 Å². The van der Waals surface area contributed by atoms with E-state index in [9.17, 15) is 9.59 Å². The molecule has 126 valence electrons. The number of esters is 1. The first-order chi connectivity index (χ1) is 10.9.